The van der Waals surface area contributed by atoms with Crippen LogP contribution in [0.2, 0.25) is 0 Å². The molecule has 26 heavy (non-hydrogen) atoms. The van der Waals surface area contributed by atoms with E-state index in [9.17, 15) is 19.7 Å². The third-order valence-electron chi connectivity index (χ3n) is 4.28. The van der Waals surface area contributed by atoms with E-state index in [0.29, 0.717) is 13.0 Å². The average Bonchev–Trinajstić information content (AvgIpc) is 2.84. The zero-order valence-corrected chi connectivity index (χ0v) is 14.7. The van der Waals surface area contributed by atoms with Gasteiger partial charge in [0.1, 0.15) is 5.75 Å². The molecular weight excluding hydrogens is 344 g/mol. The van der Waals surface area contributed by atoms with Gasteiger partial charge in [0.15, 0.2) is 5.69 Å². The average molecular weight is 366 g/mol. The van der Waals surface area contributed by atoms with Gasteiger partial charge in [-0.15, -0.1) is 0 Å². The monoisotopic (exact) mass is 366 g/mol. The number of nitrogens with one attached hydrogen (secondary N) is 2. The number of carboxylic acid groups (broad SMARTS) is 1. The zero-order valence-electron chi connectivity index (χ0n) is 14.7. The van der Waals surface area contributed by atoms with Gasteiger partial charge in [-0.3, -0.25) is 14.9 Å². The molecule has 142 valence electrons. The molecule has 0 bridgehead atoms. The van der Waals surface area contributed by atoms with Gasteiger partial charge in [0.2, 0.25) is 0 Å². The molecule has 10 heteroatoms. The van der Waals surface area contributed by atoms with E-state index in [1.165, 1.54) is 31.2 Å². The van der Waals surface area contributed by atoms with E-state index in [0.717, 1.165) is 12.8 Å². The summed E-state index contributed by atoms with van der Waals surface area (Å²) >= 11 is 0. The number of methoxy groups -OCH3 is 1. The largest absolute Gasteiger partial charge is 0.494 e. The summed E-state index contributed by atoms with van der Waals surface area (Å²) in [6, 6.07) is 2.29. The third-order valence-corrected chi connectivity index (χ3v) is 4.28. The number of carbonyl (C=O) groups excluding carboxylic acids is 1. The minimum absolute atomic E-state index is 0.128. The smallest absolute Gasteiger partial charge is 0.404 e. The Hall–Kier alpha value is -3.04. The lowest BCUT2D eigenvalue weighted by Gasteiger charge is -2.25. The highest BCUT2D eigenvalue weighted by atomic mass is 16.6. The molecule has 1 atom stereocenters. The molecule has 2 amide bonds. The second-order valence-corrected chi connectivity index (χ2v) is 5.97. The summed E-state index contributed by atoms with van der Waals surface area (Å²) in [5, 5.41) is 25.4. The van der Waals surface area contributed by atoms with Crippen molar-refractivity contribution in [2.75, 3.05) is 32.6 Å². The topological polar surface area (TPSA) is 134 Å². The first-order valence-electron chi connectivity index (χ1n) is 8.20. The fourth-order valence-corrected chi connectivity index (χ4v) is 3.08. The molecule has 0 aliphatic carbocycles. The highest BCUT2D eigenvalue weighted by molar-refractivity contribution is 5.97. The van der Waals surface area contributed by atoms with Crippen molar-refractivity contribution in [1.29, 1.82) is 0 Å². The Bertz CT molecular complexity index is 708. The summed E-state index contributed by atoms with van der Waals surface area (Å²) in [6.45, 7) is 0.676. The van der Waals surface area contributed by atoms with Crippen LogP contribution in [0.5, 0.6) is 5.75 Å². The van der Waals surface area contributed by atoms with Crippen molar-refractivity contribution in [3.63, 3.8) is 0 Å². The van der Waals surface area contributed by atoms with Crippen molar-refractivity contribution >= 4 is 23.4 Å². The number of ether oxygens (including phenoxy) is 1. The van der Waals surface area contributed by atoms with Crippen LogP contribution in [0.15, 0.2) is 12.1 Å². The second-order valence-electron chi connectivity index (χ2n) is 5.97. The van der Waals surface area contributed by atoms with Crippen LogP contribution in [-0.4, -0.2) is 60.2 Å². The number of likely N-dealkylation sites (tertiary alicyclic amines) is 1. The molecule has 0 aromatic heterocycles. The number of anilines is 1. The van der Waals surface area contributed by atoms with Crippen LogP contribution >= 0.6 is 0 Å². The van der Waals surface area contributed by atoms with E-state index in [4.69, 9.17) is 9.84 Å². The zero-order chi connectivity index (χ0) is 19.3. The Morgan fingerprint density at radius 2 is 2.12 bits per heavy atom. The van der Waals surface area contributed by atoms with Crippen molar-refractivity contribution in [3.8, 4) is 5.75 Å². The Balaban J connectivity index is 2.34. The van der Waals surface area contributed by atoms with Crippen LogP contribution < -0.4 is 15.4 Å². The van der Waals surface area contributed by atoms with Crippen molar-refractivity contribution in [2.45, 2.75) is 25.3 Å². The number of nitro groups is 1. The molecule has 1 saturated heterocycles. The van der Waals surface area contributed by atoms with Gasteiger partial charge in [-0.2, -0.15) is 0 Å². The summed E-state index contributed by atoms with van der Waals surface area (Å²) in [5.74, 6) is -0.201. The maximum absolute atomic E-state index is 12.9. The van der Waals surface area contributed by atoms with Crippen LogP contribution in [0.25, 0.3) is 0 Å². The Kier molecular flexibility index (Phi) is 6.21. The summed E-state index contributed by atoms with van der Waals surface area (Å²) in [4.78, 5) is 36.0. The first-order valence-corrected chi connectivity index (χ1v) is 8.20. The quantitative estimate of drug-likeness (QED) is 0.535. The molecule has 0 spiro atoms. The maximum atomic E-state index is 12.9. The van der Waals surface area contributed by atoms with Gasteiger partial charge in [0.05, 0.1) is 17.6 Å². The number of hydrogen-bond acceptors (Lipinski definition) is 6. The Morgan fingerprint density at radius 1 is 1.38 bits per heavy atom. The van der Waals surface area contributed by atoms with Crippen LogP contribution in [-0.2, 0) is 0 Å². The molecule has 1 aromatic carbocycles. The van der Waals surface area contributed by atoms with Crippen molar-refractivity contribution in [1.82, 2.24) is 10.2 Å². The Labute approximate surface area is 150 Å². The number of amides is 2. The van der Waals surface area contributed by atoms with Gasteiger partial charge in [0, 0.05) is 32.2 Å². The molecule has 10 nitrogen and oxygen atoms in total. The molecule has 1 aromatic rings. The van der Waals surface area contributed by atoms with Crippen LogP contribution in [0.3, 0.4) is 0 Å². The molecule has 1 aliphatic rings. The second kappa shape index (κ2) is 8.37. The Morgan fingerprint density at radius 3 is 2.69 bits per heavy atom. The first kappa shape index (κ1) is 19.3. The number of hydrogen-bond donors (Lipinski definition) is 3. The highest BCUT2D eigenvalue weighted by Crippen LogP contribution is 2.36. The molecule has 1 aliphatic heterocycles. The summed E-state index contributed by atoms with van der Waals surface area (Å²) in [6.07, 6.45) is 1.02. The van der Waals surface area contributed by atoms with E-state index < -0.39 is 16.9 Å². The van der Waals surface area contributed by atoms with Crippen LogP contribution in [0, 0.1) is 10.1 Å². The predicted molar refractivity (Wildman–Crippen MR) is 93.9 cm³/mol. The normalized spacial score (nSPS) is 17.2. The molecular formula is C16H22N4O6. The first-order chi connectivity index (χ1) is 12.4. The lowest BCUT2D eigenvalue weighted by molar-refractivity contribution is -0.384. The van der Waals surface area contributed by atoms with Crippen molar-refractivity contribution in [3.05, 3.63) is 27.8 Å². The number of nitro benzene ring substituents is 1. The minimum atomic E-state index is -1.14. The molecule has 0 saturated carbocycles. The van der Waals surface area contributed by atoms with E-state index in [-0.39, 0.29) is 35.3 Å². The van der Waals surface area contributed by atoms with E-state index in [2.05, 4.69) is 10.6 Å². The van der Waals surface area contributed by atoms with Gasteiger partial charge in [-0.1, -0.05) is 0 Å². The van der Waals surface area contributed by atoms with Gasteiger partial charge >= 0.3 is 6.09 Å². The molecule has 1 fully saturated rings. The number of nitrogens with zero attached hydrogens (tertiary/aromatic N) is 2. The standard InChI is InChI=1S/C16H22N4O6/c1-17-14-12(20(24)25)7-10(8-13(14)26-2)15(21)19-6-4-3-5-11(9-19)18-16(22)23/h7-8,11,17-18H,3-6,9H2,1-2H3,(H,22,23)/t11-/m1/s1. The van der Waals surface area contributed by atoms with E-state index in [1.807, 2.05) is 0 Å². The summed E-state index contributed by atoms with van der Waals surface area (Å²) < 4.78 is 5.18. The SMILES string of the molecule is CNc1c(OC)cc(C(=O)N2CCCC[C@@H](NC(=O)O)C2)cc1[N+](=O)[O-]. The molecule has 0 unspecified atom stereocenters. The van der Waals surface area contributed by atoms with E-state index in [1.54, 1.807) is 0 Å². The van der Waals surface area contributed by atoms with Crippen molar-refractivity contribution < 1.29 is 24.4 Å². The highest BCUT2D eigenvalue weighted by Gasteiger charge is 2.27. The lowest BCUT2D eigenvalue weighted by atomic mass is 10.1. The minimum Gasteiger partial charge on any atom is -0.494 e. The summed E-state index contributed by atoms with van der Waals surface area (Å²) in [5.41, 5.74) is 0.0593. The molecule has 2 rings (SSSR count). The third kappa shape index (κ3) is 4.32. The predicted octanol–water partition coefficient (Wildman–Crippen LogP) is 1.91. The van der Waals surface area contributed by atoms with Crippen LogP contribution in [0.4, 0.5) is 16.2 Å². The van der Waals surface area contributed by atoms with Gasteiger partial charge in [0.25, 0.3) is 11.6 Å². The van der Waals surface area contributed by atoms with Gasteiger partial charge in [-0.25, -0.2) is 4.79 Å². The summed E-state index contributed by atoms with van der Waals surface area (Å²) in [7, 11) is 2.90. The van der Waals surface area contributed by atoms with Crippen molar-refractivity contribution in [2.24, 2.45) is 0 Å². The molecule has 1 heterocycles. The maximum Gasteiger partial charge on any atom is 0.404 e. The molecule has 0 radical (unpaired) electrons. The van der Waals surface area contributed by atoms with Gasteiger partial charge in [-0.05, 0) is 25.3 Å². The fourth-order valence-electron chi connectivity index (χ4n) is 3.08. The number of carbonyl (C=O) groups is 2. The van der Waals surface area contributed by atoms with Crippen LogP contribution in [0.1, 0.15) is 29.6 Å². The van der Waals surface area contributed by atoms with Gasteiger partial charge < -0.3 is 25.4 Å². The molecule has 3 N–H and O–H groups in total. The number of rotatable bonds is 5. The van der Waals surface area contributed by atoms with E-state index >= 15 is 0 Å². The fraction of sp³-hybridized carbons (Fsp3) is 0.500. The number of benzene rings is 1. The lowest BCUT2D eigenvalue weighted by Crippen LogP contribution is -2.44.